The van der Waals surface area contributed by atoms with Crippen LogP contribution in [0.3, 0.4) is 0 Å². The highest BCUT2D eigenvalue weighted by molar-refractivity contribution is 9.10. The molecule has 0 aromatic heterocycles. The summed E-state index contributed by atoms with van der Waals surface area (Å²) in [4.78, 5) is 40.8. The summed E-state index contributed by atoms with van der Waals surface area (Å²) in [6, 6.07) is 13.6. The summed E-state index contributed by atoms with van der Waals surface area (Å²) in [5.41, 5.74) is 2.88. The lowest BCUT2D eigenvalue weighted by molar-refractivity contribution is -0.135. The van der Waals surface area contributed by atoms with E-state index in [1.807, 2.05) is 43.3 Å². The van der Waals surface area contributed by atoms with Crippen molar-refractivity contribution in [2.24, 2.45) is 0 Å². The molecule has 0 spiro atoms. The summed E-state index contributed by atoms with van der Waals surface area (Å²) in [7, 11) is 0. The fourth-order valence-corrected chi connectivity index (χ4v) is 4.91. The molecule has 32 heavy (non-hydrogen) atoms. The number of hydrogen-bond acceptors (Lipinski definition) is 5. The van der Waals surface area contributed by atoms with Gasteiger partial charge in [0.1, 0.15) is 18.9 Å². The van der Waals surface area contributed by atoms with E-state index in [0.717, 1.165) is 45.1 Å². The lowest BCUT2D eigenvalue weighted by Crippen LogP contribution is -2.40. The predicted octanol–water partition coefficient (Wildman–Crippen LogP) is 5.00. The van der Waals surface area contributed by atoms with E-state index in [4.69, 9.17) is 4.74 Å². The maximum atomic E-state index is 12.9. The highest BCUT2D eigenvalue weighted by atomic mass is 79.9. The molecule has 0 N–H and O–H groups in total. The Morgan fingerprint density at radius 1 is 1.16 bits per heavy atom. The minimum Gasteiger partial charge on any atom is -0.488 e. The number of benzene rings is 2. The lowest BCUT2D eigenvalue weighted by atomic mass is 10.1. The maximum absolute atomic E-state index is 12.9. The van der Waals surface area contributed by atoms with Crippen molar-refractivity contribution in [3.8, 4) is 5.75 Å². The van der Waals surface area contributed by atoms with Gasteiger partial charge in [-0.25, -0.2) is 0 Å². The zero-order chi connectivity index (χ0) is 22.7. The fourth-order valence-electron chi connectivity index (χ4n) is 3.71. The molecule has 6 nitrogen and oxygen atoms in total. The Morgan fingerprint density at radius 2 is 1.94 bits per heavy atom. The van der Waals surface area contributed by atoms with Crippen LogP contribution in [-0.2, 0) is 16.2 Å². The van der Waals surface area contributed by atoms with Crippen LogP contribution in [0.25, 0.3) is 6.08 Å². The van der Waals surface area contributed by atoms with Crippen molar-refractivity contribution in [2.75, 3.05) is 19.6 Å². The summed E-state index contributed by atoms with van der Waals surface area (Å²) < 4.78 is 6.85. The fraction of sp³-hybridized carbons (Fsp3) is 0.292. The van der Waals surface area contributed by atoms with Gasteiger partial charge in [0.25, 0.3) is 11.1 Å². The van der Waals surface area contributed by atoms with Crippen molar-refractivity contribution in [3.05, 3.63) is 68.5 Å². The summed E-state index contributed by atoms with van der Waals surface area (Å²) in [5.74, 6) is -0.0255. The van der Waals surface area contributed by atoms with E-state index in [1.165, 1.54) is 0 Å². The van der Waals surface area contributed by atoms with Crippen molar-refractivity contribution in [2.45, 2.75) is 26.4 Å². The number of halogens is 1. The van der Waals surface area contributed by atoms with Gasteiger partial charge in [0, 0.05) is 23.1 Å². The summed E-state index contributed by atoms with van der Waals surface area (Å²) in [6.45, 7) is 3.57. The van der Waals surface area contributed by atoms with Crippen LogP contribution >= 0.6 is 27.7 Å². The topological polar surface area (TPSA) is 66.9 Å². The van der Waals surface area contributed by atoms with Gasteiger partial charge in [-0.3, -0.25) is 19.3 Å². The number of rotatable bonds is 6. The van der Waals surface area contributed by atoms with Crippen LogP contribution in [0.1, 0.15) is 29.5 Å². The van der Waals surface area contributed by atoms with Gasteiger partial charge in [0.05, 0.1) is 4.91 Å². The molecule has 3 amide bonds. The monoisotopic (exact) mass is 514 g/mol. The largest absolute Gasteiger partial charge is 0.488 e. The number of imide groups is 1. The quantitative estimate of drug-likeness (QED) is 0.507. The van der Waals surface area contributed by atoms with Crippen LogP contribution in [0.15, 0.2) is 51.8 Å². The van der Waals surface area contributed by atoms with Crippen LogP contribution in [0.4, 0.5) is 4.79 Å². The Bertz CT molecular complexity index is 1100. The van der Waals surface area contributed by atoms with Crippen molar-refractivity contribution in [1.29, 1.82) is 0 Å². The van der Waals surface area contributed by atoms with E-state index in [0.29, 0.717) is 31.0 Å². The third-order valence-corrected chi connectivity index (χ3v) is 6.76. The van der Waals surface area contributed by atoms with Crippen molar-refractivity contribution in [1.82, 2.24) is 9.80 Å². The van der Waals surface area contributed by atoms with Crippen LogP contribution in [0.5, 0.6) is 5.75 Å². The normalized spacial score (nSPS) is 17.5. The first kappa shape index (κ1) is 22.6. The number of hydrogen-bond donors (Lipinski definition) is 0. The second-order valence-electron chi connectivity index (χ2n) is 7.82. The Labute approximate surface area is 199 Å². The predicted molar refractivity (Wildman–Crippen MR) is 128 cm³/mol. The highest BCUT2D eigenvalue weighted by Crippen LogP contribution is 2.35. The van der Waals surface area contributed by atoms with E-state index < -0.39 is 11.1 Å². The molecule has 0 saturated carbocycles. The number of ether oxygens (including phenoxy) is 1. The molecule has 8 heteroatoms. The van der Waals surface area contributed by atoms with Gasteiger partial charge < -0.3 is 9.64 Å². The molecule has 166 valence electrons. The molecular weight excluding hydrogens is 492 g/mol. The zero-order valence-corrected chi connectivity index (χ0v) is 20.1. The third-order valence-electron chi connectivity index (χ3n) is 5.36. The number of aryl methyl sites for hydroxylation is 1. The molecule has 2 aromatic carbocycles. The van der Waals surface area contributed by atoms with Crippen LogP contribution in [0.2, 0.25) is 0 Å². The first-order valence-corrected chi connectivity index (χ1v) is 12.0. The third kappa shape index (κ3) is 5.24. The standard InChI is InChI=1S/C24H23BrN2O4S/c1-16-5-4-6-17(11-16)15-31-20-8-7-19(25)12-18(20)13-21-23(29)27(24(30)32-21)14-22(28)26-9-2-3-10-26/h4-8,11-13H,2-3,9-10,14-15H2,1H3/b21-13+. The van der Waals surface area contributed by atoms with Gasteiger partial charge in [-0.05, 0) is 61.4 Å². The molecule has 2 aliphatic heterocycles. The molecule has 0 atom stereocenters. The minimum absolute atomic E-state index is 0.185. The molecule has 2 aromatic rings. The van der Waals surface area contributed by atoms with Crippen LogP contribution in [0, 0.1) is 6.92 Å². The van der Waals surface area contributed by atoms with E-state index in [1.54, 1.807) is 11.0 Å². The molecule has 0 unspecified atom stereocenters. The van der Waals surface area contributed by atoms with E-state index in [2.05, 4.69) is 22.0 Å². The molecule has 2 fully saturated rings. The average Bonchev–Trinajstić information content (AvgIpc) is 3.38. The number of likely N-dealkylation sites (tertiary alicyclic amines) is 1. The van der Waals surface area contributed by atoms with Gasteiger partial charge in [-0.15, -0.1) is 0 Å². The van der Waals surface area contributed by atoms with E-state index >= 15 is 0 Å². The second kappa shape index (κ2) is 9.92. The molecule has 2 heterocycles. The average molecular weight is 515 g/mol. The number of carbonyl (C=O) groups is 3. The van der Waals surface area contributed by atoms with Gasteiger partial charge in [-0.2, -0.15) is 0 Å². The van der Waals surface area contributed by atoms with E-state index in [-0.39, 0.29) is 17.4 Å². The molecule has 0 aliphatic carbocycles. The smallest absolute Gasteiger partial charge is 0.294 e. The molecular formula is C24H23BrN2O4S. The van der Waals surface area contributed by atoms with Gasteiger partial charge in [-0.1, -0.05) is 45.8 Å². The molecule has 2 saturated heterocycles. The molecule has 2 aliphatic rings. The Kier molecular flexibility index (Phi) is 7.01. The lowest BCUT2D eigenvalue weighted by Gasteiger charge is -2.18. The number of amides is 3. The van der Waals surface area contributed by atoms with Gasteiger partial charge in [0.2, 0.25) is 5.91 Å². The summed E-state index contributed by atoms with van der Waals surface area (Å²) in [6.07, 6.45) is 3.57. The molecule has 0 bridgehead atoms. The first-order valence-electron chi connectivity index (χ1n) is 10.4. The van der Waals surface area contributed by atoms with Crippen molar-refractivity contribution in [3.63, 3.8) is 0 Å². The van der Waals surface area contributed by atoms with E-state index in [9.17, 15) is 14.4 Å². The second-order valence-corrected chi connectivity index (χ2v) is 9.72. The van der Waals surface area contributed by atoms with Crippen molar-refractivity contribution < 1.29 is 19.1 Å². The highest BCUT2D eigenvalue weighted by Gasteiger charge is 2.37. The van der Waals surface area contributed by atoms with Gasteiger partial charge in [0.15, 0.2) is 0 Å². The minimum atomic E-state index is -0.447. The first-order chi connectivity index (χ1) is 15.4. The van der Waals surface area contributed by atoms with Crippen molar-refractivity contribution >= 4 is 50.8 Å². The maximum Gasteiger partial charge on any atom is 0.294 e. The van der Waals surface area contributed by atoms with Gasteiger partial charge >= 0.3 is 0 Å². The number of carbonyl (C=O) groups excluding carboxylic acids is 3. The van der Waals surface area contributed by atoms with Crippen LogP contribution < -0.4 is 4.74 Å². The Morgan fingerprint density at radius 3 is 2.69 bits per heavy atom. The zero-order valence-electron chi connectivity index (χ0n) is 17.7. The SMILES string of the molecule is Cc1cccc(COc2ccc(Br)cc2/C=C2/SC(=O)N(CC(=O)N3CCCC3)C2=O)c1. The number of nitrogens with zero attached hydrogens (tertiary/aromatic N) is 2. The summed E-state index contributed by atoms with van der Waals surface area (Å²) in [5, 5.41) is -0.425. The Hall–Kier alpha value is -2.58. The Balaban J connectivity index is 1.51. The molecule has 0 radical (unpaired) electrons. The number of thioether (sulfide) groups is 1. The molecule has 4 rings (SSSR count). The van der Waals surface area contributed by atoms with Crippen LogP contribution in [-0.4, -0.2) is 46.5 Å². The summed E-state index contributed by atoms with van der Waals surface area (Å²) >= 11 is 4.31.